The van der Waals surface area contributed by atoms with Crippen LogP contribution in [0.15, 0.2) is 6.07 Å². The van der Waals surface area contributed by atoms with Gasteiger partial charge in [0.25, 0.3) is 0 Å². The zero-order chi connectivity index (χ0) is 9.59. The van der Waals surface area contributed by atoms with Crippen LogP contribution >= 0.6 is 11.6 Å². The Bertz CT molecular complexity index is 403. The van der Waals surface area contributed by atoms with Crippen LogP contribution in [0.2, 0.25) is 5.02 Å². The van der Waals surface area contributed by atoms with E-state index in [0.29, 0.717) is 16.8 Å². The summed E-state index contributed by atoms with van der Waals surface area (Å²) in [6, 6.07) is 1.22. The average Bonchev–Trinajstić information content (AvgIpc) is 2.44. The first-order valence-electron chi connectivity index (χ1n) is 3.87. The molecule has 1 aliphatic rings. The Morgan fingerprint density at radius 3 is 3.00 bits per heavy atom. The zero-order valence-electron chi connectivity index (χ0n) is 6.95. The molecule has 1 aliphatic heterocycles. The Balaban J connectivity index is 2.69. The number of hydrogen-bond acceptors (Lipinski definition) is 1. The van der Waals surface area contributed by atoms with Gasteiger partial charge in [0.15, 0.2) is 0 Å². The molecule has 0 unspecified atom stereocenters. The van der Waals surface area contributed by atoms with Crippen LogP contribution in [0, 0.1) is 12.7 Å². The maximum atomic E-state index is 13.1. The molecule has 0 saturated carbocycles. The lowest BCUT2D eigenvalue weighted by molar-refractivity contribution is -0.115. The quantitative estimate of drug-likeness (QED) is 0.683. The highest BCUT2D eigenvalue weighted by Gasteiger charge is 2.23. The monoisotopic (exact) mass is 199 g/mol. The van der Waals surface area contributed by atoms with Gasteiger partial charge in [0.1, 0.15) is 5.82 Å². The second-order valence-electron chi connectivity index (χ2n) is 3.04. The van der Waals surface area contributed by atoms with Crippen molar-refractivity contribution in [2.75, 3.05) is 5.32 Å². The van der Waals surface area contributed by atoms with E-state index in [-0.39, 0.29) is 23.2 Å². The van der Waals surface area contributed by atoms with Crippen LogP contribution in [-0.2, 0) is 11.2 Å². The van der Waals surface area contributed by atoms with E-state index in [4.69, 9.17) is 11.6 Å². The van der Waals surface area contributed by atoms with Crippen LogP contribution < -0.4 is 5.32 Å². The molecule has 0 radical (unpaired) electrons. The molecular weight excluding hydrogens is 193 g/mol. The molecule has 13 heavy (non-hydrogen) atoms. The van der Waals surface area contributed by atoms with Crippen LogP contribution in [0.4, 0.5) is 10.1 Å². The predicted molar refractivity (Wildman–Crippen MR) is 48.5 cm³/mol. The summed E-state index contributed by atoms with van der Waals surface area (Å²) in [7, 11) is 0. The lowest BCUT2D eigenvalue weighted by Crippen LogP contribution is -2.03. The van der Waals surface area contributed by atoms with Crippen molar-refractivity contribution in [2.45, 2.75) is 13.3 Å². The van der Waals surface area contributed by atoms with Gasteiger partial charge in [0, 0.05) is 0 Å². The molecule has 1 N–H and O–H groups in total. The second-order valence-corrected chi connectivity index (χ2v) is 3.45. The highest BCUT2D eigenvalue weighted by Crippen LogP contribution is 2.34. The summed E-state index contributed by atoms with van der Waals surface area (Å²) in [6.45, 7) is 1.64. The van der Waals surface area contributed by atoms with Crippen molar-refractivity contribution < 1.29 is 9.18 Å². The Kier molecular flexibility index (Phi) is 1.77. The first-order valence-corrected chi connectivity index (χ1v) is 4.24. The van der Waals surface area contributed by atoms with Gasteiger partial charge < -0.3 is 5.32 Å². The third-order valence-corrected chi connectivity index (χ3v) is 2.50. The minimum Gasteiger partial charge on any atom is -0.324 e. The largest absolute Gasteiger partial charge is 0.324 e. The second kappa shape index (κ2) is 2.70. The van der Waals surface area contributed by atoms with Gasteiger partial charge in [-0.2, -0.15) is 0 Å². The number of fused-ring (bicyclic) bond motifs is 1. The summed E-state index contributed by atoms with van der Waals surface area (Å²) in [5, 5.41) is 2.86. The Morgan fingerprint density at radius 2 is 2.31 bits per heavy atom. The fourth-order valence-corrected chi connectivity index (χ4v) is 1.72. The molecule has 0 bridgehead atoms. The smallest absolute Gasteiger partial charge is 0.228 e. The van der Waals surface area contributed by atoms with Gasteiger partial charge in [-0.1, -0.05) is 11.6 Å². The van der Waals surface area contributed by atoms with Crippen molar-refractivity contribution in [1.29, 1.82) is 0 Å². The van der Waals surface area contributed by atoms with Crippen LogP contribution in [0.5, 0.6) is 0 Å². The lowest BCUT2D eigenvalue weighted by atomic mass is 10.1. The van der Waals surface area contributed by atoms with Gasteiger partial charge in [-0.3, -0.25) is 4.79 Å². The van der Waals surface area contributed by atoms with Gasteiger partial charge in [0.2, 0.25) is 5.91 Å². The number of hydrogen-bond donors (Lipinski definition) is 1. The minimum absolute atomic E-state index is 0.134. The third kappa shape index (κ3) is 1.20. The maximum Gasteiger partial charge on any atom is 0.228 e. The number of benzene rings is 1. The van der Waals surface area contributed by atoms with E-state index in [1.54, 1.807) is 6.92 Å². The molecular formula is C9H7ClFNO. The standard InChI is InChI=1S/C9H7ClFNO/c1-4-5-2-8(13)12-9(5)6(10)3-7(4)11/h3H,2H2,1H3,(H,12,13). The highest BCUT2D eigenvalue weighted by atomic mass is 35.5. The van der Waals surface area contributed by atoms with E-state index < -0.39 is 0 Å². The lowest BCUT2D eigenvalue weighted by Gasteiger charge is -2.05. The van der Waals surface area contributed by atoms with E-state index >= 15 is 0 Å². The summed E-state index contributed by atoms with van der Waals surface area (Å²) < 4.78 is 13.1. The first-order chi connectivity index (χ1) is 6.09. The van der Waals surface area contributed by atoms with Gasteiger partial charge >= 0.3 is 0 Å². The van der Waals surface area contributed by atoms with Crippen molar-refractivity contribution in [1.82, 2.24) is 0 Å². The SMILES string of the molecule is Cc1c(F)cc(Cl)c2c1CC(=O)N2. The number of nitrogens with one attached hydrogen (secondary N) is 1. The highest BCUT2D eigenvalue weighted by molar-refractivity contribution is 6.34. The number of rotatable bonds is 0. The molecule has 0 fully saturated rings. The average molecular weight is 200 g/mol. The number of carbonyl (C=O) groups is 1. The number of amides is 1. The Hall–Kier alpha value is -1.09. The van der Waals surface area contributed by atoms with Crippen molar-refractivity contribution >= 4 is 23.2 Å². The normalized spacial score (nSPS) is 14.2. The molecule has 68 valence electrons. The Morgan fingerprint density at radius 1 is 1.62 bits per heavy atom. The fourth-order valence-electron chi connectivity index (χ4n) is 1.47. The van der Waals surface area contributed by atoms with Crippen LogP contribution in [0.3, 0.4) is 0 Å². The number of carbonyl (C=O) groups excluding carboxylic acids is 1. The van der Waals surface area contributed by atoms with E-state index in [0.717, 1.165) is 0 Å². The topological polar surface area (TPSA) is 29.1 Å². The zero-order valence-corrected chi connectivity index (χ0v) is 7.70. The molecule has 4 heteroatoms. The molecule has 0 saturated heterocycles. The molecule has 1 heterocycles. The van der Waals surface area contributed by atoms with E-state index in [2.05, 4.69) is 5.32 Å². The fraction of sp³-hybridized carbons (Fsp3) is 0.222. The van der Waals surface area contributed by atoms with Crippen molar-refractivity contribution in [3.05, 3.63) is 28.0 Å². The van der Waals surface area contributed by atoms with Crippen LogP contribution in [0.25, 0.3) is 0 Å². The molecule has 1 aromatic carbocycles. The summed E-state index contributed by atoms with van der Waals surface area (Å²) >= 11 is 5.76. The summed E-state index contributed by atoms with van der Waals surface area (Å²) in [5.41, 5.74) is 1.73. The van der Waals surface area contributed by atoms with Crippen molar-refractivity contribution in [2.24, 2.45) is 0 Å². The summed E-state index contributed by atoms with van der Waals surface area (Å²) in [6.07, 6.45) is 0.221. The van der Waals surface area contributed by atoms with E-state index in [9.17, 15) is 9.18 Å². The van der Waals surface area contributed by atoms with Gasteiger partial charge in [-0.15, -0.1) is 0 Å². The Labute approximate surface area is 79.7 Å². The van der Waals surface area contributed by atoms with E-state index in [1.807, 2.05) is 0 Å². The molecule has 1 aromatic rings. The molecule has 0 aromatic heterocycles. The molecule has 0 aliphatic carbocycles. The van der Waals surface area contributed by atoms with Gasteiger partial charge in [-0.25, -0.2) is 4.39 Å². The molecule has 0 atom stereocenters. The predicted octanol–water partition coefficient (Wildman–Crippen LogP) is 2.28. The molecule has 1 amide bonds. The van der Waals surface area contributed by atoms with Gasteiger partial charge in [-0.05, 0) is 24.1 Å². The van der Waals surface area contributed by atoms with E-state index in [1.165, 1.54) is 6.07 Å². The summed E-state index contributed by atoms with van der Waals surface area (Å²) in [4.78, 5) is 11.0. The summed E-state index contributed by atoms with van der Waals surface area (Å²) in [5.74, 6) is -0.495. The van der Waals surface area contributed by atoms with Crippen molar-refractivity contribution in [3.8, 4) is 0 Å². The van der Waals surface area contributed by atoms with Crippen molar-refractivity contribution in [3.63, 3.8) is 0 Å². The third-order valence-electron chi connectivity index (χ3n) is 2.21. The van der Waals surface area contributed by atoms with Gasteiger partial charge in [0.05, 0.1) is 17.1 Å². The number of anilines is 1. The number of halogens is 2. The molecule has 2 nitrogen and oxygen atoms in total. The maximum absolute atomic E-state index is 13.1. The molecule has 0 spiro atoms. The first kappa shape index (κ1) is 8.51. The minimum atomic E-state index is -0.361. The van der Waals surface area contributed by atoms with Crippen LogP contribution in [0.1, 0.15) is 11.1 Å². The molecule has 2 rings (SSSR count). The van der Waals surface area contributed by atoms with Crippen LogP contribution in [-0.4, -0.2) is 5.91 Å².